The minimum absolute atomic E-state index is 0.447. The van der Waals surface area contributed by atoms with E-state index in [2.05, 4.69) is 92.6 Å². The molecule has 2 aromatic rings. The molecule has 0 saturated carbocycles. The predicted octanol–water partition coefficient (Wildman–Crippen LogP) is 5.37. The smallest absolute Gasteiger partial charge is 0.0207 e. The average Bonchev–Trinajstić information content (AvgIpc) is 2.49. The van der Waals surface area contributed by atoms with Crippen LogP contribution in [0.4, 0.5) is 0 Å². The van der Waals surface area contributed by atoms with Crippen LogP contribution in [-0.2, 0) is 12.8 Å². The third-order valence-electron chi connectivity index (χ3n) is 3.53. The van der Waals surface area contributed by atoms with Crippen LogP contribution in [0.3, 0.4) is 0 Å². The molecule has 0 unspecified atom stereocenters. The van der Waals surface area contributed by atoms with E-state index in [0.29, 0.717) is 6.04 Å². The summed E-state index contributed by atoms with van der Waals surface area (Å²) in [7, 11) is 0. The van der Waals surface area contributed by atoms with Crippen LogP contribution in [0.2, 0.25) is 0 Å². The van der Waals surface area contributed by atoms with E-state index in [-0.39, 0.29) is 0 Å². The van der Waals surface area contributed by atoms with Gasteiger partial charge in [0.1, 0.15) is 0 Å². The van der Waals surface area contributed by atoms with Gasteiger partial charge in [0.25, 0.3) is 0 Å². The van der Waals surface area contributed by atoms with Crippen molar-refractivity contribution in [3.63, 3.8) is 0 Å². The molecule has 0 saturated heterocycles. The molecular weight excluding hydrogens is 390 g/mol. The van der Waals surface area contributed by atoms with Crippen molar-refractivity contribution in [2.75, 3.05) is 6.54 Å². The second-order valence-corrected chi connectivity index (χ2v) is 6.95. The molecule has 21 heavy (non-hydrogen) atoms. The molecule has 0 bridgehead atoms. The van der Waals surface area contributed by atoms with Gasteiger partial charge in [0, 0.05) is 15.0 Å². The molecule has 0 radical (unpaired) electrons. The first-order valence-electron chi connectivity index (χ1n) is 7.41. The van der Waals surface area contributed by atoms with Crippen LogP contribution in [-0.4, -0.2) is 12.6 Å². The minimum Gasteiger partial charge on any atom is -0.313 e. The van der Waals surface area contributed by atoms with Crippen LogP contribution in [0.1, 0.15) is 24.5 Å². The van der Waals surface area contributed by atoms with Gasteiger partial charge in [0.05, 0.1) is 0 Å². The van der Waals surface area contributed by atoms with Crippen LogP contribution in [0.25, 0.3) is 0 Å². The molecule has 0 aliphatic carbocycles. The first-order valence-corrected chi connectivity index (χ1v) is 8.99. The maximum absolute atomic E-state index is 3.68. The van der Waals surface area contributed by atoms with E-state index in [0.717, 1.165) is 25.8 Å². The molecule has 0 spiro atoms. The molecular formula is C18H21Br2N. The van der Waals surface area contributed by atoms with E-state index in [1.165, 1.54) is 20.1 Å². The molecule has 0 amide bonds. The van der Waals surface area contributed by atoms with Gasteiger partial charge in [-0.15, -0.1) is 0 Å². The van der Waals surface area contributed by atoms with Gasteiger partial charge in [-0.25, -0.2) is 0 Å². The average molecular weight is 411 g/mol. The Bertz CT molecular complexity index is 521. The fourth-order valence-corrected chi connectivity index (χ4v) is 3.32. The summed E-state index contributed by atoms with van der Waals surface area (Å²) >= 11 is 7.31. The molecule has 0 atom stereocenters. The Morgan fingerprint density at radius 3 is 1.76 bits per heavy atom. The Hall–Kier alpha value is -0.640. The van der Waals surface area contributed by atoms with Crippen LogP contribution >= 0.6 is 31.9 Å². The number of hydrogen-bond donors (Lipinski definition) is 1. The fraction of sp³-hybridized carbons (Fsp3) is 0.333. The molecule has 0 aliphatic heterocycles. The lowest BCUT2D eigenvalue weighted by atomic mass is 9.99. The number of benzene rings is 2. The van der Waals surface area contributed by atoms with Crippen molar-refractivity contribution in [2.24, 2.45) is 0 Å². The zero-order valence-corrected chi connectivity index (χ0v) is 15.5. The number of halogens is 2. The van der Waals surface area contributed by atoms with Gasteiger partial charge in [-0.2, -0.15) is 0 Å². The van der Waals surface area contributed by atoms with E-state index in [1.807, 2.05) is 0 Å². The molecule has 1 nitrogen and oxygen atoms in total. The van der Waals surface area contributed by atoms with Gasteiger partial charge in [-0.05, 0) is 49.1 Å². The highest BCUT2D eigenvalue weighted by Crippen LogP contribution is 2.21. The van der Waals surface area contributed by atoms with Gasteiger partial charge in [-0.1, -0.05) is 75.2 Å². The highest BCUT2D eigenvalue weighted by molar-refractivity contribution is 9.10. The van der Waals surface area contributed by atoms with Crippen molar-refractivity contribution in [1.82, 2.24) is 5.32 Å². The van der Waals surface area contributed by atoms with Crippen LogP contribution in [0.15, 0.2) is 57.5 Å². The summed E-state index contributed by atoms with van der Waals surface area (Å²) in [6, 6.07) is 17.4. The third kappa shape index (κ3) is 5.24. The Morgan fingerprint density at radius 1 is 0.857 bits per heavy atom. The van der Waals surface area contributed by atoms with Crippen molar-refractivity contribution in [1.29, 1.82) is 0 Å². The van der Waals surface area contributed by atoms with E-state index in [1.54, 1.807) is 0 Å². The topological polar surface area (TPSA) is 12.0 Å². The van der Waals surface area contributed by atoms with E-state index >= 15 is 0 Å². The Morgan fingerprint density at radius 2 is 1.33 bits per heavy atom. The van der Waals surface area contributed by atoms with Gasteiger partial charge in [0.15, 0.2) is 0 Å². The van der Waals surface area contributed by atoms with E-state index in [9.17, 15) is 0 Å². The van der Waals surface area contributed by atoms with Gasteiger partial charge < -0.3 is 5.32 Å². The van der Waals surface area contributed by atoms with Crippen molar-refractivity contribution in [2.45, 2.75) is 32.2 Å². The largest absolute Gasteiger partial charge is 0.313 e. The maximum atomic E-state index is 3.68. The lowest BCUT2D eigenvalue weighted by molar-refractivity contribution is 0.503. The van der Waals surface area contributed by atoms with Gasteiger partial charge in [-0.3, -0.25) is 0 Å². The summed E-state index contributed by atoms with van der Waals surface area (Å²) in [5.41, 5.74) is 2.72. The second kappa shape index (κ2) is 8.72. The summed E-state index contributed by atoms with van der Waals surface area (Å²) < 4.78 is 2.39. The lowest BCUT2D eigenvalue weighted by Crippen LogP contribution is -2.34. The van der Waals surface area contributed by atoms with Crippen molar-refractivity contribution >= 4 is 31.9 Å². The fourth-order valence-electron chi connectivity index (χ4n) is 2.42. The standard InChI is InChI=1S/C18H21Br2N/c1-2-11-21-16(12-14-7-3-5-9-17(14)19)13-15-8-4-6-10-18(15)20/h3-10,16,21H,2,11-13H2,1H3. The third-order valence-corrected chi connectivity index (χ3v) is 5.08. The normalized spacial score (nSPS) is 11.0. The number of hydrogen-bond acceptors (Lipinski definition) is 1. The second-order valence-electron chi connectivity index (χ2n) is 5.24. The monoisotopic (exact) mass is 409 g/mol. The molecule has 3 heteroatoms. The first-order chi connectivity index (χ1) is 10.2. The summed E-state index contributed by atoms with van der Waals surface area (Å²) in [5, 5.41) is 3.68. The summed E-state index contributed by atoms with van der Waals surface area (Å²) in [5.74, 6) is 0. The summed E-state index contributed by atoms with van der Waals surface area (Å²) in [4.78, 5) is 0. The van der Waals surface area contributed by atoms with E-state index in [4.69, 9.17) is 0 Å². The quantitative estimate of drug-likeness (QED) is 0.647. The Kier molecular flexibility index (Phi) is 6.94. The van der Waals surface area contributed by atoms with Crippen molar-refractivity contribution < 1.29 is 0 Å². The Labute approximate surface area is 144 Å². The lowest BCUT2D eigenvalue weighted by Gasteiger charge is -2.20. The molecule has 1 N–H and O–H groups in total. The number of rotatable bonds is 7. The number of nitrogens with one attached hydrogen (secondary N) is 1. The van der Waals surface area contributed by atoms with E-state index < -0.39 is 0 Å². The van der Waals surface area contributed by atoms with Gasteiger partial charge >= 0.3 is 0 Å². The van der Waals surface area contributed by atoms with Crippen molar-refractivity contribution in [3.05, 3.63) is 68.6 Å². The molecule has 0 aromatic heterocycles. The summed E-state index contributed by atoms with van der Waals surface area (Å²) in [6.07, 6.45) is 3.22. The molecule has 0 aliphatic rings. The predicted molar refractivity (Wildman–Crippen MR) is 97.8 cm³/mol. The SMILES string of the molecule is CCCNC(Cc1ccccc1Br)Cc1ccccc1Br. The first kappa shape index (κ1) is 16.7. The zero-order chi connectivity index (χ0) is 15.1. The molecule has 112 valence electrons. The van der Waals surface area contributed by atoms with Crippen LogP contribution in [0, 0.1) is 0 Å². The molecule has 0 heterocycles. The zero-order valence-electron chi connectivity index (χ0n) is 12.3. The highest BCUT2D eigenvalue weighted by Gasteiger charge is 2.13. The molecule has 0 fully saturated rings. The summed E-state index contributed by atoms with van der Waals surface area (Å²) in [6.45, 7) is 3.26. The van der Waals surface area contributed by atoms with Gasteiger partial charge in [0.2, 0.25) is 0 Å². The maximum Gasteiger partial charge on any atom is 0.0207 e. The Balaban J connectivity index is 2.11. The van der Waals surface area contributed by atoms with Crippen LogP contribution in [0.5, 0.6) is 0 Å². The molecule has 2 aromatic carbocycles. The molecule has 2 rings (SSSR count). The highest BCUT2D eigenvalue weighted by atomic mass is 79.9. The van der Waals surface area contributed by atoms with Crippen LogP contribution < -0.4 is 5.32 Å². The van der Waals surface area contributed by atoms with Crippen molar-refractivity contribution in [3.8, 4) is 0 Å². The minimum atomic E-state index is 0.447.